The Balaban J connectivity index is 1.86. The smallest absolute Gasteiger partial charge is 0.307 e. The van der Waals surface area contributed by atoms with Crippen LogP contribution in [-0.2, 0) is 20.7 Å². The lowest BCUT2D eigenvalue weighted by Gasteiger charge is -2.12. The van der Waals surface area contributed by atoms with Gasteiger partial charge in [-0.05, 0) is 31.2 Å². The van der Waals surface area contributed by atoms with Crippen LogP contribution in [0.1, 0.15) is 25.5 Å². The molecule has 0 bridgehead atoms. The van der Waals surface area contributed by atoms with E-state index in [1.165, 1.54) is 13.2 Å². The van der Waals surface area contributed by atoms with Crippen molar-refractivity contribution in [2.75, 3.05) is 7.11 Å². The Labute approximate surface area is 139 Å². The lowest BCUT2D eigenvalue weighted by atomic mass is 10.1. The van der Waals surface area contributed by atoms with E-state index in [9.17, 15) is 14.0 Å². The van der Waals surface area contributed by atoms with Gasteiger partial charge in [-0.15, -0.1) is 0 Å². The number of methoxy groups -OCH3 is 1. The molecule has 1 N–H and O–H groups in total. The molecule has 1 atom stereocenters. The maximum atomic E-state index is 13.7. The van der Waals surface area contributed by atoms with Crippen molar-refractivity contribution in [2.24, 2.45) is 0 Å². The molecule has 2 rings (SSSR count). The molecule has 0 saturated carbocycles. The van der Waals surface area contributed by atoms with Crippen LogP contribution in [0.25, 0.3) is 11.3 Å². The largest absolute Gasteiger partial charge is 0.469 e. The van der Waals surface area contributed by atoms with Gasteiger partial charge in [-0.3, -0.25) is 9.59 Å². The molecule has 0 spiro atoms. The van der Waals surface area contributed by atoms with Crippen molar-refractivity contribution >= 4 is 11.9 Å². The summed E-state index contributed by atoms with van der Waals surface area (Å²) in [5.74, 6) is 0.123. The highest BCUT2D eigenvalue weighted by Gasteiger charge is 2.13. The summed E-state index contributed by atoms with van der Waals surface area (Å²) in [5, 5.41) is 2.72. The minimum absolute atomic E-state index is 0.125. The van der Waals surface area contributed by atoms with E-state index in [-0.39, 0.29) is 36.6 Å². The first-order chi connectivity index (χ1) is 11.5. The molecule has 0 aliphatic rings. The Bertz CT molecular complexity index is 711. The minimum Gasteiger partial charge on any atom is -0.469 e. The highest BCUT2D eigenvalue weighted by molar-refractivity contribution is 5.77. The van der Waals surface area contributed by atoms with Crippen LogP contribution < -0.4 is 5.32 Å². The van der Waals surface area contributed by atoms with E-state index in [2.05, 4.69) is 10.1 Å². The number of amides is 1. The minimum atomic E-state index is -0.372. The zero-order valence-corrected chi connectivity index (χ0v) is 13.7. The van der Waals surface area contributed by atoms with Gasteiger partial charge in [0.2, 0.25) is 5.91 Å². The van der Waals surface area contributed by atoms with Crippen molar-refractivity contribution in [3.63, 3.8) is 0 Å². The van der Waals surface area contributed by atoms with Crippen molar-refractivity contribution in [2.45, 2.75) is 32.2 Å². The van der Waals surface area contributed by atoms with Gasteiger partial charge in [0, 0.05) is 18.9 Å². The number of carbonyl (C=O) groups excluding carboxylic acids is 2. The van der Waals surface area contributed by atoms with Gasteiger partial charge in [0.15, 0.2) is 0 Å². The summed E-state index contributed by atoms with van der Waals surface area (Å²) in [7, 11) is 1.31. The molecule has 5 nitrogen and oxygen atoms in total. The van der Waals surface area contributed by atoms with E-state index in [0.29, 0.717) is 23.5 Å². The standard InChI is InChI=1S/C18H20FNO4/c1-12(11-18(22)23-2)20-17(21)10-8-13-7-9-16(24-13)14-5-3-4-6-15(14)19/h3-7,9,12H,8,10-11H2,1-2H3,(H,20,21). The van der Waals surface area contributed by atoms with E-state index >= 15 is 0 Å². The number of hydrogen-bond donors (Lipinski definition) is 1. The number of ether oxygens (including phenoxy) is 1. The lowest BCUT2D eigenvalue weighted by molar-refractivity contribution is -0.141. The molecule has 2 aromatic rings. The lowest BCUT2D eigenvalue weighted by Crippen LogP contribution is -2.34. The number of benzene rings is 1. The normalized spacial score (nSPS) is 11.8. The number of rotatable bonds is 7. The number of nitrogens with one attached hydrogen (secondary N) is 1. The third kappa shape index (κ3) is 4.94. The molecule has 1 unspecified atom stereocenters. The predicted octanol–water partition coefficient (Wildman–Crippen LogP) is 3.09. The molecular weight excluding hydrogens is 313 g/mol. The molecule has 0 radical (unpaired) electrons. The number of furan rings is 1. The van der Waals surface area contributed by atoms with Crippen molar-refractivity contribution in [1.82, 2.24) is 5.32 Å². The number of esters is 1. The highest BCUT2D eigenvalue weighted by Crippen LogP contribution is 2.25. The summed E-state index contributed by atoms with van der Waals surface area (Å²) < 4.78 is 23.9. The Kier molecular flexibility index (Phi) is 6.12. The van der Waals surface area contributed by atoms with Gasteiger partial charge in [0.25, 0.3) is 0 Å². The van der Waals surface area contributed by atoms with Crippen LogP contribution in [0.15, 0.2) is 40.8 Å². The zero-order chi connectivity index (χ0) is 17.5. The summed E-state index contributed by atoms with van der Waals surface area (Å²) in [6.45, 7) is 1.73. The summed E-state index contributed by atoms with van der Waals surface area (Å²) in [5.41, 5.74) is 0.389. The molecule has 0 fully saturated rings. The van der Waals surface area contributed by atoms with Crippen LogP contribution in [0.4, 0.5) is 4.39 Å². The Hall–Kier alpha value is -2.63. The average Bonchev–Trinajstić information content (AvgIpc) is 3.01. The third-order valence-electron chi connectivity index (χ3n) is 3.51. The van der Waals surface area contributed by atoms with E-state index in [1.807, 2.05) is 0 Å². The molecule has 1 heterocycles. The molecule has 128 valence electrons. The third-order valence-corrected chi connectivity index (χ3v) is 3.51. The maximum absolute atomic E-state index is 13.7. The van der Waals surface area contributed by atoms with Gasteiger partial charge < -0.3 is 14.5 Å². The first kappa shape index (κ1) is 17.7. The predicted molar refractivity (Wildman–Crippen MR) is 86.7 cm³/mol. The summed E-state index contributed by atoms with van der Waals surface area (Å²) >= 11 is 0. The SMILES string of the molecule is COC(=O)CC(C)NC(=O)CCc1ccc(-c2ccccc2F)o1. The second-order valence-electron chi connectivity index (χ2n) is 5.49. The summed E-state index contributed by atoms with van der Waals surface area (Å²) in [4.78, 5) is 23.0. The molecule has 0 saturated heterocycles. The number of carbonyl (C=O) groups is 2. The topological polar surface area (TPSA) is 68.5 Å². The summed E-state index contributed by atoms with van der Waals surface area (Å²) in [6, 6.07) is 9.47. The molecule has 24 heavy (non-hydrogen) atoms. The fraction of sp³-hybridized carbons (Fsp3) is 0.333. The van der Waals surface area contributed by atoms with E-state index in [4.69, 9.17) is 4.42 Å². The van der Waals surface area contributed by atoms with Crippen molar-refractivity contribution < 1.29 is 23.1 Å². The Morgan fingerprint density at radius 2 is 2.00 bits per heavy atom. The average molecular weight is 333 g/mol. The zero-order valence-electron chi connectivity index (χ0n) is 13.7. The number of halogens is 1. The number of hydrogen-bond acceptors (Lipinski definition) is 4. The number of aryl methyl sites for hydroxylation is 1. The monoisotopic (exact) mass is 333 g/mol. The second kappa shape index (κ2) is 8.29. The molecule has 6 heteroatoms. The van der Waals surface area contributed by atoms with Crippen molar-refractivity contribution in [3.8, 4) is 11.3 Å². The van der Waals surface area contributed by atoms with E-state index in [1.54, 1.807) is 37.3 Å². The first-order valence-corrected chi connectivity index (χ1v) is 7.69. The van der Waals surface area contributed by atoms with Crippen molar-refractivity contribution in [3.05, 3.63) is 48.0 Å². The fourth-order valence-electron chi connectivity index (χ4n) is 2.29. The Morgan fingerprint density at radius 1 is 1.25 bits per heavy atom. The van der Waals surface area contributed by atoms with Crippen molar-refractivity contribution in [1.29, 1.82) is 0 Å². The summed E-state index contributed by atoms with van der Waals surface area (Å²) in [6.07, 6.45) is 0.737. The van der Waals surface area contributed by atoms with Crippen LogP contribution in [-0.4, -0.2) is 25.0 Å². The van der Waals surface area contributed by atoms with Gasteiger partial charge in [-0.1, -0.05) is 12.1 Å². The quantitative estimate of drug-likeness (QED) is 0.791. The van der Waals surface area contributed by atoms with Crippen LogP contribution in [0, 0.1) is 5.82 Å². The van der Waals surface area contributed by atoms with Gasteiger partial charge in [0.05, 0.1) is 19.1 Å². The molecule has 0 aliphatic heterocycles. The molecule has 1 amide bonds. The van der Waals surface area contributed by atoms with Gasteiger partial charge in [0.1, 0.15) is 17.3 Å². The van der Waals surface area contributed by atoms with E-state index < -0.39 is 0 Å². The van der Waals surface area contributed by atoms with Crippen LogP contribution in [0.3, 0.4) is 0 Å². The maximum Gasteiger partial charge on any atom is 0.307 e. The van der Waals surface area contributed by atoms with Crippen LogP contribution in [0.5, 0.6) is 0 Å². The van der Waals surface area contributed by atoms with E-state index in [0.717, 1.165) is 0 Å². The fourth-order valence-corrected chi connectivity index (χ4v) is 2.29. The first-order valence-electron chi connectivity index (χ1n) is 7.69. The molecule has 0 aliphatic carbocycles. The molecular formula is C18H20FNO4. The van der Waals surface area contributed by atoms with Crippen LogP contribution in [0.2, 0.25) is 0 Å². The second-order valence-corrected chi connectivity index (χ2v) is 5.49. The Morgan fingerprint density at radius 3 is 2.71 bits per heavy atom. The molecule has 1 aromatic carbocycles. The van der Waals surface area contributed by atoms with Gasteiger partial charge in [-0.25, -0.2) is 4.39 Å². The van der Waals surface area contributed by atoms with Gasteiger partial charge >= 0.3 is 5.97 Å². The highest BCUT2D eigenvalue weighted by atomic mass is 19.1. The van der Waals surface area contributed by atoms with Crippen LogP contribution >= 0.6 is 0 Å². The van der Waals surface area contributed by atoms with Gasteiger partial charge in [-0.2, -0.15) is 0 Å². The molecule has 1 aromatic heterocycles.